The van der Waals surface area contributed by atoms with Crippen molar-refractivity contribution in [2.75, 3.05) is 0 Å². The Labute approximate surface area is 109 Å². The Kier molecular flexibility index (Phi) is 2.62. The van der Waals surface area contributed by atoms with Gasteiger partial charge in [0.05, 0.1) is 23.2 Å². The predicted octanol–water partition coefficient (Wildman–Crippen LogP) is 3.33. The largest absolute Gasteiger partial charge is 0.342 e. The number of thiazole rings is 1. The second-order valence-electron chi connectivity index (χ2n) is 4.17. The first kappa shape index (κ1) is 11.0. The third-order valence-corrected chi connectivity index (χ3v) is 3.80. The molecule has 88 valence electrons. The fraction of sp³-hybridized carbons (Fsp3) is 0.143. The lowest BCUT2D eigenvalue weighted by Crippen LogP contribution is -1.95. The van der Waals surface area contributed by atoms with E-state index in [4.69, 9.17) is 5.26 Å². The van der Waals surface area contributed by atoms with E-state index in [0.29, 0.717) is 5.56 Å². The van der Waals surface area contributed by atoms with Gasteiger partial charge in [0.1, 0.15) is 0 Å². The monoisotopic (exact) mass is 253 g/mol. The summed E-state index contributed by atoms with van der Waals surface area (Å²) in [6, 6.07) is 10.0. The van der Waals surface area contributed by atoms with Crippen LogP contribution in [0.5, 0.6) is 0 Å². The van der Waals surface area contributed by atoms with Crippen LogP contribution in [0.4, 0.5) is 0 Å². The standard InChI is InChI=1S/C14H11N3S/c1-10-16-8-13(18-10)9-17-5-4-12-3-2-11(7-15)6-14(12)17/h2-6,8H,9H2,1H3. The van der Waals surface area contributed by atoms with E-state index in [1.54, 1.807) is 11.3 Å². The third-order valence-electron chi connectivity index (χ3n) is 2.90. The molecule has 0 amide bonds. The fourth-order valence-electron chi connectivity index (χ4n) is 2.04. The Morgan fingerprint density at radius 3 is 3.00 bits per heavy atom. The van der Waals surface area contributed by atoms with Gasteiger partial charge in [-0.3, -0.25) is 0 Å². The van der Waals surface area contributed by atoms with Crippen molar-refractivity contribution in [2.45, 2.75) is 13.5 Å². The Bertz CT molecular complexity index is 746. The van der Waals surface area contributed by atoms with Gasteiger partial charge in [-0.25, -0.2) is 4.98 Å². The first-order chi connectivity index (χ1) is 8.76. The smallest absolute Gasteiger partial charge is 0.0992 e. The summed E-state index contributed by atoms with van der Waals surface area (Å²) in [6.07, 6.45) is 3.97. The molecular weight excluding hydrogens is 242 g/mol. The van der Waals surface area contributed by atoms with Crippen LogP contribution in [0.2, 0.25) is 0 Å². The highest BCUT2D eigenvalue weighted by Crippen LogP contribution is 2.20. The zero-order valence-corrected chi connectivity index (χ0v) is 10.7. The molecule has 4 heteroatoms. The molecule has 18 heavy (non-hydrogen) atoms. The molecule has 0 saturated heterocycles. The average molecular weight is 253 g/mol. The molecule has 0 atom stereocenters. The minimum absolute atomic E-state index is 0.697. The molecule has 0 bridgehead atoms. The maximum absolute atomic E-state index is 8.95. The normalized spacial score (nSPS) is 10.7. The Hall–Kier alpha value is -2.12. The van der Waals surface area contributed by atoms with Gasteiger partial charge in [-0.1, -0.05) is 6.07 Å². The summed E-state index contributed by atoms with van der Waals surface area (Å²) >= 11 is 1.71. The number of aromatic nitrogens is 2. The Morgan fingerprint density at radius 2 is 2.28 bits per heavy atom. The van der Waals surface area contributed by atoms with Crippen LogP contribution < -0.4 is 0 Å². The van der Waals surface area contributed by atoms with Crippen molar-refractivity contribution in [1.29, 1.82) is 5.26 Å². The van der Waals surface area contributed by atoms with E-state index in [9.17, 15) is 0 Å². The Morgan fingerprint density at radius 1 is 1.39 bits per heavy atom. The zero-order valence-electron chi connectivity index (χ0n) is 9.92. The van der Waals surface area contributed by atoms with Crippen molar-refractivity contribution in [1.82, 2.24) is 9.55 Å². The summed E-state index contributed by atoms with van der Waals surface area (Å²) < 4.78 is 2.16. The van der Waals surface area contributed by atoms with Crippen LogP contribution in [0.15, 0.2) is 36.7 Å². The van der Waals surface area contributed by atoms with E-state index in [0.717, 1.165) is 22.5 Å². The van der Waals surface area contributed by atoms with Crippen LogP contribution in [0, 0.1) is 18.3 Å². The van der Waals surface area contributed by atoms with Crippen LogP contribution in [-0.2, 0) is 6.54 Å². The molecule has 0 N–H and O–H groups in total. The van der Waals surface area contributed by atoms with Gasteiger partial charge in [-0.2, -0.15) is 5.26 Å². The van der Waals surface area contributed by atoms with Crippen molar-refractivity contribution in [3.05, 3.63) is 52.1 Å². The van der Waals surface area contributed by atoms with E-state index in [-0.39, 0.29) is 0 Å². The predicted molar refractivity (Wildman–Crippen MR) is 72.6 cm³/mol. The van der Waals surface area contributed by atoms with Gasteiger partial charge in [0, 0.05) is 22.8 Å². The molecule has 0 aliphatic heterocycles. The number of fused-ring (bicyclic) bond motifs is 1. The van der Waals surface area contributed by atoms with Gasteiger partial charge in [-0.05, 0) is 30.5 Å². The van der Waals surface area contributed by atoms with Crippen LogP contribution in [0.1, 0.15) is 15.4 Å². The van der Waals surface area contributed by atoms with Crippen LogP contribution >= 0.6 is 11.3 Å². The SMILES string of the molecule is Cc1ncc(Cn2ccc3ccc(C#N)cc32)s1. The number of rotatable bonds is 2. The van der Waals surface area contributed by atoms with E-state index in [1.807, 2.05) is 31.3 Å². The third kappa shape index (κ3) is 1.89. The van der Waals surface area contributed by atoms with E-state index in [1.165, 1.54) is 4.88 Å². The first-order valence-corrected chi connectivity index (χ1v) is 6.48. The van der Waals surface area contributed by atoms with Gasteiger partial charge in [0.15, 0.2) is 0 Å². The highest BCUT2D eigenvalue weighted by Gasteiger charge is 2.05. The molecule has 0 saturated carbocycles. The molecule has 1 aromatic carbocycles. The number of hydrogen-bond donors (Lipinski definition) is 0. The summed E-state index contributed by atoms with van der Waals surface area (Å²) in [6.45, 7) is 2.82. The molecule has 3 aromatic rings. The first-order valence-electron chi connectivity index (χ1n) is 5.66. The van der Waals surface area contributed by atoms with Crippen LogP contribution in [0.25, 0.3) is 10.9 Å². The second kappa shape index (κ2) is 4.28. The molecule has 0 spiro atoms. The maximum atomic E-state index is 8.95. The molecule has 0 aliphatic carbocycles. The number of nitriles is 1. The lowest BCUT2D eigenvalue weighted by Gasteiger charge is -2.03. The second-order valence-corrected chi connectivity index (χ2v) is 5.49. The molecule has 0 fully saturated rings. The van der Waals surface area contributed by atoms with Gasteiger partial charge in [0.25, 0.3) is 0 Å². The van der Waals surface area contributed by atoms with Crippen molar-refractivity contribution < 1.29 is 0 Å². The number of aryl methyl sites for hydroxylation is 1. The van der Waals surface area contributed by atoms with Gasteiger partial charge >= 0.3 is 0 Å². The zero-order chi connectivity index (χ0) is 12.5. The molecule has 3 nitrogen and oxygen atoms in total. The van der Waals surface area contributed by atoms with Crippen molar-refractivity contribution in [2.24, 2.45) is 0 Å². The summed E-state index contributed by atoms with van der Waals surface area (Å²) in [5.41, 5.74) is 1.79. The van der Waals surface area contributed by atoms with Crippen LogP contribution in [-0.4, -0.2) is 9.55 Å². The average Bonchev–Trinajstić information content (AvgIpc) is 2.96. The number of nitrogens with zero attached hydrogens (tertiary/aromatic N) is 3. The topological polar surface area (TPSA) is 41.6 Å². The minimum atomic E-state index is 0.697. The van der Waals surface area contributed by atoms with Crippen molar-refractivity contribution in [3.63, 3.8) is 0 Å². The molecule has 2 aromatic heterocycles. The molecule has 0 unspecified atom stereocenters. The number of benzene rings is 1. The molecular formula is C14H11N3S. The molecule has 3 rings (SSSR count). The van der Waals surface area contributed by atoms with Crippen LogP contribution in [0.3, 0.4) is 0 Å². The fourth-order valence-corrected chi connectivity index (χ4v) is 2.83. The molecule has 0 aliphatic rings. The van der Waals surface area contributed by atoms with Crippen molar-refractivity contribution >= 4 is 22.2 Å². The van der Waals surface area contributed by atoms with Gasteiger partial charge < -0.3 is 4.57 Å². The Balaban J connectivity index is 2.04. The summed E-state index contributed by atoms with van der Waals surface area (Å²) in [4.78, 5) is 5.49. The quantitative estimate of drug-likeness (QED) is 0.703. The lowest BCUT2D eigenvalue weighted by atomic mass is 10.2. The summed E-state index contributed by atoms with van der Waals surface area (Å²) in [7, 11) is 0. The lowest BCUT2D eigenvalue weighted by molar-refractivity contribution is 0.849. The van der Waals surface area contributed by atoms with Crippen molar-refractivity contribution in [3.8, 4) is 6.07 Å². The highest BCUT2D eigenvalue weighted by atomic mass is 32.1. The molecule has 2 heterocycles. The highest BCUT2D eigenvalue weighted by molar-refractivity contribution is 7.11. The van der Waals surface area contributed by atoms with E-state index in [2.05, 4.69) is 27.9 Å². The van der Waals surface area contributed by atoms with Gasteiger partial charge in [0.2, 0.25) is 0 Å². The van der Waals surface area contributed by atoms with E-state index < -0.39 is 0 Å². The summed E-state index contributed by atoms with van der Waals surface area (Å²) in [5.74, 6) is 0. The van der Waals surface area contributed by atoms with Gasteiger partial charge in [-0.15, -0.1) is 11.3 Å². The maximum Gasteiger partial charge on any atom is 0.0992 e. The summed E-state index contributed by atoms with van der Waals surface area (Å²) in [5, 5.41) is 11.2. The number of hydrogen-bond acceptors (Lipinski definition) is 3. The minimum Gasteiger partial charge on any atom is -0.342 e. The molecule has 0 radical (unpaired) electrons. The van der Waals surface area contributed by atoms with E-state index >= 15 is 0 Å².